The van der Waals surface area contributed by atoms with Gasteiger partial charge in [-0.05, 0) is 49.9 Å². The average Bonchev–Trinajstić information content (AvgIpc) is 2.92. The molecule has 4 nitrogen and oxygen atoms in total. The first-order valence-electron chi connectivity index (χ1n) is 14.0. The highest BCUT2D eigenvalue weighted by Crippen LogP contribution is 2.28. The summed E-state index contributed by atoms with van der Waals surface area (Å²) in [5.74, 6) is 0.737. The SMILES string of the molecule is Cc1cc(C)cc(CSCC(=O)N(Cc2c(Cl)cccc2Cl)[C@H](Cc2ccccc2)C(=O)NC2CCCCC2)c1. The van der Waals surface area contributed by atoms with Gasteiger partial charge in [0.15, 0.2) is 0 Å². The standard InChI is InChI=1S/C33H38Cl2N2O2S/c1-23-16-24(2)18-26(17-23)21-40-22-32(38)37(20-28-29(34)14-9-15-30(28)35)31(19-25-10-5-3-6-11-25)33(39)36-27-12-7-4-8-13-27/h3,5-6,9-11,14-18,27,31H,4,7-8,12-13,19-22H2,1-2H3,(H,36,39)/t31-/m1/s1. The van der Waals surface area contributed by atoms with Crippen LogP contribution in [0.3, 0.4) is 0 Å². The molecule has 0 heterocycles. The average molecular weight is 598 g/mol. The number of hydrogen-bond acceptors (Lipinski definition) is 3. The second kappa shape index (κ2) is 15.0. The lowest BCUT2D eigenvalue weighted by molar-refractivity contribution is -0.139. The van der Waals surface area contributed by atoms with Gasteiger partial charge in [0, 0.05) is 40.4 Å². The molecule has 1 saturated carbocycles. The Hall–Kier alpha value is -2.47. The van der Waals surface area contributed by atoms with Gasteiger partial charge in [0.05, 0.1) is 5.75 Å². The second-order valence-corrected chi connectivity index (χ2v) is 12.6. The molecule has 0 saturated heterocycles. The van der Waals surface area contributed by atoms with Gasteiger partial charge in [0.1, 0.15) is 6.04 Å². The smallest absolute Gasteiger partial charge is 0.243 e. The molecule has 0 radical (unpaired) electrons. The van der Waals surface area contributed by atoms with Crippen LogP contribution in [0.2, 0.25) is 10.0 Å². The highest BCUT2D eigenvalue weighted by molar-refractivity contribution is 7.99. The fraction of sp³-hybridized carbons (Fsp3) is 0.394. The van der Waals surface area contributed by atoms with Gasteiger partial charge in [-0.15, -0.1) is 11.8 Å². The molecule has 0 aliphatic heterocycles. The zero-order valence-electron chi connectivity index (χ0n) is 23.3. The molecule has 4 rings (SSSR count). The van der Waals surface area contributed by atoms with Crippen molar-refractivity contribution in [1.29, 1.82) is 0 Å². The van der Waals surface area contributed by atoms with Gasteiger partial charge in [-0.2, -0.15) is 0 Å². The number of benzene rings is 3. The molecule has 7 heteroatoms. The molecule has 1 aliphatic carbocycles. The normalized spacial score (nSPS) is 14.5. The third-order valence-electron chi connectivity index (χ3n) is 7.39. The number of carbonyl (C=O) groups excluding carboxylic acids is 2. The maximum absolute atomic E-state index is 14.0. The highest BCUT2D eigenvalue weighted by atomic mass is 35.5. The molecule has 0 spiro atoms. The van der Waals surface area contributed by atoms with E-state index in [0.29, 0.717) is 27.8 Å². The van der Waals surface area contributed by atoms with Crippen LogP contribution in [0.1, 0.15) is 59.9 Å². The Morgan fingerprint density at radius 2 is 1.55 bits per heavy atom. The summed E-state index contributed by atoms with van der Waals surface area (Å²) in [4.78, 5) is 29.6. The Balaban J connectivity index is 1.60. The topological polar surface area (TPSA) is 49.4 Å². The van der Waals surface area contributed by atoms with Crippen LogP contribution in [-0.2, 0) is 28.3 Å². The summed E-state index contributed by atoms with van der Waals surface area (Å²) < 4.78 is 0. The maximum Gasteiger partial charge on any atom is 0.243 e. The molecule has 0 aromatic heterocycles. The monoisotopic (exact) mass is 596 g/mol. The van der Waals surface area contributed by atoms with Crippen molar-refractivity contribution >= 4 is 46.8 Å². The van der Waals surface area contributed by atoms with Crippen LogP contribution in [0.15, 0.2) is 66.7 Å². The van der Waals surface area contributed by atoms with Crippen LogP contribution >= 0.6 is 35.0 Å². The number of thioether (sulfide) groups is 1. The van der Waals surface area contributed by atoms with Crippen molar-refractivity contribution in [1.82, 2.24) is 10.2 Å². The van der Waals surface area contributed by atoms with Crippen LogP contribution in [0.5, 0.6) is 0 Å². The zero-order valence-corrected chi connectivity index (χ0v) is 25.6. The fourth-order valence-electron chi connectivity index (χ4n) is 5.44. The summed E-state index contributed by atoms with van der Waals surface area (Å²) in [6.45, 7) is 4.33. The van der Waals surface area contributed by atoms with Crippen LogP contribution in [-0.4, -0.2) is 34.6 Å². The lowest BCUT2D eigenvalue weighted by atomic mass is 9.94. The Morgan fingerprint density at radius 1 is 0.900 bits per heavy atom. The predicted octanol–water partition coefficient (Wildman–Crippen LogP) is 7.93. The van der Waals surface area contributed by atoms with Crippen LogP contribution in [0.25, 0.3) is 0 Å². The Morgan fingerprint density at radius 3 is 2.20 bits per heavy atom. The number of amides is 2. The molecule has 0 unspecified atom stereocenters. The van der Waals surface area contributed by atoms with Crippen molar-refractivity contribution in [3.63, 3.8) is 0 Å². The van der Waals surface area contributed by atoms with Crippen molar-refractivity contribution in [2.24, 2.45) is 0 Å². The van der Waals surface area contributed by atoms with Gasteiger partial charge >= 0.3 is 0 Å². The number of nitrogens with one attached hydrogen (secondary N) is 1. The number of nitrogens with zero attached hydrogens (tertiary/aromatic N) is 1. The molecular formula is C33H38Cl2N2O2S. The number of halogens is 2. The summed E-state index contributed by atoms with van der Waals surface area (Å²) in [7, 11) is 0. The van der Waals surface area contributed by atoms with Gasteiger partial charge in [-0.1, -0.05) is 108 Å². The minimum absolute atomic E-state index is 0.106. The Bertz CT molecular complexity index is 1250. The molecule has 1 fully saturated rings. The number of aryl methyl sites for hydroxylation is 2. The molecule has 0 bridgehead atoms. The summed E-state index contributed by atoms with van der Waals surface area (Å²) in [6, 6.07) is 21.1. The minimum atomic E-state index is -0.689. The summed E-state index contributed by atoms with van der Waals surface area (Å²) in [5.41, 5.74) is 5.25. The molecule has 1 N–H and O–H groups in total. The third-order valence-corrected chi connectivity index (χ3v) is 9.09. The molecule has 2 amide bonds. The van der Waals surface area contributed by atoms with Crippen molar-refractivity contribution in [2.75, 3.05) is 5.75 Å². The van der Waals surface area contributed by atoms with Gasteiger partial charge < -0.3 is 10.2 Å². The van der Waals surface area contributed by atoms with Gasteiger partial charge in [0.2, 0.25) is 11.8 Å². The first-order chi connectivity index (χ1) is 19.3. The van der Waals surface area contributed by atoms with Crippen molar-refractivity contribution < 1.29 is 9.59 Å². The van der Waals surface area contributed by atoms with E-state index in [1.807, 2.05) is 30.3 Å². The lowest BCUT2D eigenvalue weighted by Crippen LogP contribution is -2.53. The minimum Gasteiger partial charge on any atom is -0.352 e. The van der Waals surface area contributed by atoms with E-state index < -0.39 is 6.04 Å². The second-order valence-electron chi connectivity index (χ2n) is 10.8. The van der Waals surface area contributed by atoms with E-state index in [1.165, 1.54) is 23.1 Å². The lowest BCUT2D eigenvalue weighted by Gasteiger charge is -2.34. The highest BCUT2D eigenvalue weighted by Gasteiger charge is 2.32. The van der Waals surface area contributed by atoms with E-state index in [0.717, 1.165) is 31.2 Å². The van der Waals surface area contributed by atoms with E-state index in [1.54, 1.807) is 34.9 Å². The number of hydrogen-bond donors (Lipinski definition) is 1. The summed E-state index contributed by atoms with van der Waals surface area (Å²) in [5, 5.41) is 4.25. The zero-order chi connectivity index (χ0) is 28.5. The number of carbonyl (C=O) groups is 2. The van der Waals surface area contributed by atoms with E-state index in [9.17, 15) is 9.59 Å². The largest absolute Gasteiger partial charge is 0.352 e. The number of rotatable bonds is 11. The van der Waals surface area contributed by atoms with Crippen molar-refractivity contribution in [3.8, 4) is 0 Å². The third kappa shape index (κ3) is 8.76. The molecular weight excluding hydrogens is 559 g/mol. The van der Waals surface area contributed by atoms with Crippen LogP contribution < -0.4 is 5.32 Å². The van der Waals surface area contributed by atoms with Gasteiger partial charge in [-0.3, -0.25) is 9.59 Å². The quantitative estimate of drug-likeness (QED) is 0.244. The van der Waals surface area contributed by atoms with Gasteiger partial charge in [-0.25, -0.2) is 0 Å². The Kier molecular flexibility index (Phi) is 11.4. The molecule has 1 aliphatic rings. The summed E-state index contributed by atoms with van der Waals surface area (Å²) in [6.07, 6.45) is 5.78. The van der Waals surface area contributed by atoms with Crippen LogP contribution in [0, 0.1) is 13.8 Å². The first kappa shape index (κ1) is 30.5. The van der Waals surface area contributed by atoms with Crippen molar-refractivity contribution in [3.05, 3.63) is 105 Å². The molecule has 212 valence electrons. The van der Waals surface area contributed by atoms with Crippen molar-refractivity contribution in [2.45, 2.75) is 76.8 Å². The molecule has 1 atom stereocenters. The summed E-state index contributed by atoms with van der Waals surface area (Å²) >= 11 is 14.7. The molecule has 3 aromatic carbocycles. The predicted molar refractivity (Wildman–Crippen MR) is 168 cm³/mol. The molecule has 3 aromatic rings. The van der Waals surface area contributed by atoms with Gasteiger partial charge in [0.25, 0.3) is 0 Å². The van der Waals surface area contributed by atoms with Crippen LogP contribution in [0.4, 0.5) is 0 Å². The first-order valence-corrected chi connectivity index (χ1v) is 15.9. The van der Waals surface area contributed by atoms with E-state index in [-0.39, 0.29) is 30.2 Å². The van der Waals surface area contributed by atoms with E-state index in [4.69, 9.17) is 23.2 Å². The maximum atomic E-state index is 14.0. The van der Waals surface area contributed by atoms with E-state index in [2.05, 4.69) is 37.4 Å². The fourth-order valence-corrected chi connectivity index (χ4v) is 6.81. The Labute approximate surface area is 252 Å². The molecule has 40 heavy (non-hydrogen) atoms. The van der Waals surface area contributed by atoms with E-state index >= 15 is 0 Å².